The van der Waals surface area contributed by atoms with Crippen molar-refractivity contribution in [1.82, 2.24) is 5.32 Å². The SMILES string of the molecule is CC(C)(CCC(=O)O)NC(=O)Nc1ccc(Cl)cc1Br. The Labute approximate surface area is 130 Å². The van der Waals surface area contributed by atoms with Crippen LogP contribution >= 0.6 is 27.5 Å². The van der Waals surface area contributed by atoms with Crippen molar-refractivity contribution in [2.45, 2.75) is 32.2 Å². The van der Waals surface area contributed by atoms with Gasteiger partial charge in [0.2, 0.25) is 0 Å². The molecule has 0 unspecified atom stereocenters. The monoisotopic (exact) mass is 362 g/mol. The number of benzene rings is 1. The van der Waals surface area contributed by atoms with Crippen LogP contribution in [-0.4, -0.2) is 22.6 Å². The molecule has 0 aliphatic carbocycles. The molecule has 0 aliphatic heterocycles. The number of amides is 2. The molecule has 7 heteroatoms. The van der Waals surface area contributed by atoms with Gasteiger partial charge in [0, 0.05) is 21.5 Å². The standard InChI is InChI=1S/C13H16BrClN2O3/c1-13(2,6-5-11(18)19)17-12(20)16-10-4-3-8(15)7-9(10)14/h3-4,7H,5-6H2,1-2H3,(H,18,19)(H2,16,17,20). The third-order valence-electron chi connectivity index (χ3n) is 2.60. The minimum atomic E-state index is -0.888. The predicted octanol–water partition coefficient (Wildman–Crippen LogP) is 3.87. The first-order valence-corrected chi connectivity index (χ1v) is 7.13. The molecule has 0 atom stereocenters. The number of halogens is 2. The fourth-order valence-electron chi connectivity index (χ4n) is 1.53. The van der Waals surface area contributed by atoms with Crippen molar-refractivity contribution in [3.8, 4) is 0 Å². The van der Waals surface area contributed by atoms with Gasteiger partial charge in [-0.05, 0) is 54.4 Å². The highest BCUT2D eigenvalue weighted by molar-refractivity contribution is 9.10. The van der Waals surface area contributed by atoms with Crippen molar-refractivity contribution >= 4 is 45.2 Å². The Bertz CT molecular complexity index is 520. The van der Waals surface area contributed by atoms with E-state index in [2.05, 4.69) is 26.6 Å². The molecule has 0 saturated carbocycles. The van der Waals surface area contributed by atoms with Gasteiger partial charge in [0.15, 0.2) is 0 Å². The van der Waals surface area contributed by atoms with E-state index in [9.17, 15) is 9.59 Å². The van der Waals surface area contributed by atoms with E-state index in [1.807, 2.05) is 0 Å². The second-order valence-corrected chi connectivity index (χ2v) is 6.27. The summed E-state index contributed by atoms with van der Waals surface area (Å²) in [5.74, 6) is -0.888. The summed E-state index contributed by atoms with van der Waals surface area (Å²) in [6.07, 6.45) is 0.343. The molecule has 0 fully saturated rings. The number of hydrogen-bond donors (Lipinski definition) is 3. The normalized spacial score (nSPS) is 11.0. The molecule has 1 rings (SSSR count). The number of nitrogens with one attached hydrogen (secondary N) is 2. The summed E-state index contributed by atoms with van der Waals surface area (Å²) in [5.41, 5.74) is -0.0255. The zero-order chi connectivity index (χ0) is 15.3. The van der Waals surface area contributed by atoms with Crippen LogP contribution in [0.5, 0.6) is 0 Å². The topological polar surface area (TPSA) is 78.4 Å². The molecule has 2 amide bonds. The van der Waals surface area contributed by atoms with Gasteiger partial charge in [-0.1, -0.05) is 11.6 Å². The minimum Gasteiger partial charge on any atom is -0.481 e. The summed E-state index contributed by atoms with van der Waals surface area (Å²) in [6.45, 7) is 3.54. The van der Waals surface area contributed by atoms with E-state index in [-0.39, 0.29) is 6.42 Å². The Balaban J connectivity index is 2.60. The van der Waals surface area contributed by atoms with E-state index in [4.69, 9.17) is 16.7 Å². The molecule has 1 aromatic rings. The highest BCUT2D eigenvalue weighted by Crippen LogP contribution is 2.26. The molecule has 20 heavy (non-hydrogen) atoms. The largest absolute Gasteiger partial charge is 0.481 e. The van der Waals surface area contributed by atoms with Gasteiger partial charge in [-0.2, -0.15) is 0 Å². The molecule has 0 aliphatic rings. The van der Waals surface area contributed by atoms with E-state index in [0.717, 1.165) is 0 Å². The van der Waals surface area contributed by atoms with Crippen LogP contribution in [-0.2, 0) is 4.79 Å². The molecule has 0 aromatic heterocycles. The fourth-order valence-corrected chi connectivity index (χ4v) is 2.32. The molecule has 3 N–H and O–H groups in total. The van der Waals surface area contributed by atoms with Gasteiger partial charge in [0.25, 0.3) is 0 Å². The predicted molar refractivity (Wildman–Crippen MR) is 82.3 cm³/mol. The quantitative estimate of drug-likeness (QED) is 0.743. The van der Waals surface area contributed by atoms with Crippen LogP contribution in [0, 0.1) is 0 Å². The first kappa shape index (κ1) is 16.8. The van der Waals surface area contributed by atoms with Crippen molar-refractivity contribution in [2.75, 3.05) is 5.32 Å². The van der Waals surface area contributed by atoms with Crippen LogP contribution < -0.4 is 10.6 Å². The van der Waals surface area contributed by atoms with Gasteiger partial charge in [-0.15, -0.1) is 0 Å². The number of carbonyl (C=O) groups excluding carboxylic acids is 1. The van der Waals surface area contributed by atoms with Gasteiger partial charge >= 0.3 is 12.0 Å². The molecule has 110 valence electrons. The van der Waals surface area contributed by atoms with Crippen molar-refractivity contribution < 1.29 is 14.7 Å². The number of anilines is 1. The van der Waals surface area contributed by atoms with Gasteiger partial charge < -0.3 is 15.7 Å². The third kappa shape index (κ3) is 5.79. The Morgan fingerprint density at radius 3 is 2.60 bits per heavy atom. The Morgan fingerprint density at radius 1 is 1.40 bits per heavy atom. The molecule has 1 aromatic carbocycles. The fraction of sp³-hybridized carbons (Fsp3) is 0.385. The van der Waals surface area contributed by atoms with Gasteiger partial charge in [-0.3, -0.25) is 4.79 Å². The van der Waals surface area contributed by atoms with Crippen LogP contribution in [0.4, 0.5) is 10.5 Å². The van der Waals surface area contributed by atoms with Gasteiger partial charge in [-0.25, -0.2) is 4.79 Å². The van der Waals surface area contributed by atoms with Crippen molar-refractivity contribution in [3.63, 3.8) is 0 Å². The molecule has 0 saturated heterocycles. The van der Waals surface area contributed by atoms with E-state index in [1.165, 1.54) is 0 Å². The summed E-state index contributed by atoms with van der Waals surface area (Å²) in [6, 6.07) is 4.61. The number of carbonyl (C=O) groups is 2. The maximum Gasteiger partial charge on any atom is 0.319 e. The van der Waals surface area contributed by atoms with E-state index < -0.39 is 17.5 Å². The van der Waals surface area contributed by atoms with E-state index >= 15 is 0 Å². The molecule has 0 radical (unpaired) electrons. The molecule has 5 nitrogen and oxygen atoms in total. The van der Waals surface area contributed by atoms with Gasteiger partial charge in [0.1, 0.15) is 0 Å². The minimum absolute atomic E-state index is 0.00206. The summed E-state index contributed by atoms with van der Waals surface area (Å²) in [4.78, 5) is 22.4. The number of rotatable bonds is 5. The Hall–Kier alpha value is -1.27. The number of carboxylic acids is 1. The molecular formula is C13H16BrClN2O3. The van der Waals surface area contributed by atoms with E-state index in [1.54, 1.807) is 32.0 Å². The lowest BCUT2D eigenvalue weighted by Gasteiger charge is -2.25. The Morgan fingerprint density at radius 2 is 2.05 bits per heavy atom. The number of carboxylic acid groups (broad SMARTS) is 1. The number of aliphatic carboxylic acids is 1. The summed E-state index contributed by atoms with van der Waals surface area (Å²) in [7, 11) is 0. The van der Waals surface area contributed by atoms with Crippen LogP contribution in [0.15, 0.2) is 22.7 Å². The molecular weight excluding hydrogens is 348 g/mol. The van der Waals surface area contributed by atoms with Crippen LogP contribution in [0.1, 0.15) is 26.7 Å². The third-order valence-corrected chi connectivity index (χ3v) is 3.49. The second kappa shape index (κ2) is 6.95. The summed E-state index contributed by atoms with van der Waals surface area (Å²) < 4.78 is 0.670. The highest BCUT2D eigenvalue weighted by Gasteiger charge is 2.21. The maximum absolute atomic E-state index is 11.9. The lowest BCUT2D eigenvalue weighted by atomic mass is 9.99. The number of hydrogen-bond acceptors (Lipinski definition) is 2. The van der Waals surface area contributed by atoms with Crippen LogP contribution in [0.3, 0.4) is 0 Å². The number of urea groups is 1. The maximum atomic E-state index is 11.9. The van der Waals surface area contributed by atoms with Crippen LogP contribution in [0.2, 0.25) is 5.02 Å². The second-order valence-electron chi connectivity index (χ2n) is 4.98. The van der Waals surface area contributed by atoms with Crippen molar-refractivity contribution in [1.29, 1.82) is 0 Å². The van der Waals surface area contributed by atoms with Gasteiger partial charge in [0.05, 0.1) is 5.69 Å². The Kier molecular flexibility index (Phi) is 5.83. The first-order chi connectivity index (χ1) is 9.19. The zero-order valence-corrected chi connectivity index (χ0v) is 13.5. The average molecular weight is 364 g/mol. The van der Waals surface area contributed by atoms with Crippen LogP contribution in [0.25, 0.3) is 0 Å². The molecule has 0 heterocycles. The lowest BCUT2D eigenvalue weighted by molar-refractivity contribution is -0.137. The highest BCUT2D eigenvalue weighted by atomic mass is 79.9. The molecule has 0 spiro atoms. The van der Waals surface area contributed by atoms with Crippen molar-refractivity contribution in [2.24, 2.45) is 0 Å². The summed E-state index contributed by atoms with van der Waals surface area (Å²) in [5, 5.41) is 14.6. The lowest BCUT2D eigenvalue weighted by Crippen LogP contribution is -2.45. The average Bonchev–Trinajstić information content (AvgIpc) is 2.30. The first-order valence-electron chi connectivity index (χ1n) is 5.95. The summed E-state index contributed by atoms with van der Waals surface area (Å²) >= 11 is 9.12. The molecule has 0 bridgehead atoms. The smallest absolute Gasteiger partial charge is 0.319 e. The van der Waals surface area contributed by atoms with Crippen molar-refractivity contribution in [3.05, 3.63) is 27.7 Å². The van der Waals surface area contributed by atoms with E-state index in [0.29, 0.717) is 21.6 Å². The zero-order valence-electron chi connectivity index (χ0n) is 11.2.